The van der Waals surface area contributed by atoms with E-state index in [0.717, 1.165) is 44.8 Å². The Morgan fingerprint density at radius 1 is 0.318 bits per heavy atom. The van der Waals surface area contributed by atoms with Crippen LogP contribution >= 0.6 is 0 Å². The van der Waals surface area contributed by atoms with Crippen molar-refractivity contribution in [2.75, 3.05) is 0 Å². The summed E-state index contributed by atoms with van der Waals surface area (Å²) in [5.74, 6) is 0. The summed E-state index contributed by atoms with van der Waals surface area (Å²) in [6, 6.07) is 50.3. The van der Waals surface area contributed by atoms with Crippen LogP contribution in [-0.2, 0) is 0 Å². The van der Waals surface area contributed by atoms with Crippen molar-refractivity contribution in [3.05, 3.63) is 168 Å². The van der Waals surface area contributed by atoms with Gasteiger partial charge in [0.15, 0.2) is 0 Å². The third kappa shape index (κ3) is 3.56. The van der Waals surface area contributed by atoms with Crippen molar-refractivity contribution < 1.29 is 0 Å². The zero-order valence-corrected chi connectivity index (χ0v) is 23.7. The lowest BCUT2D eigenvalue weighted by Crippen LogP contribution is -2.21. The summed E-state index contributed by atoms with van der Waals surface area (Å²) in [6.07, 6.45) is 3.66. The molecule has 3 heterocycles. The summed E-state index contributed by atoms with van der Waals surface area (Å²) in [7, 11) is 0. The van der Waals surface area contributed by atoms with Crippen LogP contribution < -0.4 is 5.69 Å². The van der Waals surface area contributed by atoms with Crippen LogP contribution in [0.1, 0.15) is 0 Å². The molecule has 0 aliphatic rings. The van der Waals surface area contributed by atoms with E-state index < -0.39 is 0 Å². The predicted octanol–water partition coefficient (Wildman–Crippen LogP) is 8.82. The van der Waals surface area contributed by atoms with Gasteiger partial charge in [0, 0.05) is 45.3 Å². The van der Waals surface area contributed by atoms with Crippen molar-refractivity contribution in [3.8, 4) is 22.7 Å². The van der Waals surface area contributed by atoms with Gasteiger partial charge in [-0.1, -0.05) is 72.8 Å². The third-order valence-electron chi connectivity index (χ3n) is 8.71. The summed E-state index contributed by atoms with van der Waals surface area (Å²) < 4.78 is 7.94. The van der Waals surface area contributed by atoms with E-state index in [-0.39, 0.29) is 5.69 Å². The number of para-hydroxylation sites is 4. The molecule has 0 aliphatic heterocycles. The first kappa shape index (κ1) is 24.5. The molecule has 0 saturated heterocycles. The van der Waals surface area contributed by atoms with Crippen LogP contribution in [0, 0.1) is 0 Å². The Labute approximate surface area is 252 Å². The predicted molar refractivity (Wildman–Crippen MR) is 180 cm³/mol. The molecule has 0 bridgehead atoms. The zero-order valence-electron chi connectivity index (χ0n) is 23.7. The van der Waals surface area contributed by atoms with E-state index in [2.05, 4.69) is 130 Å². The summed E-state index contributed by atoms with van der Waals surface area (Å²) in [5, 5.41) is 4.91. The van der Waals surface area contributed by atoms with Crippen molar-refractivity contribution in [1.29, 1.82) is 0 Å². The fraction of sp³-hybridized carbons (Fsp3) is 0. The fourth-order valence-corrected chi connectivity index (χ4v) is 6.70. The maximum atomic E-state index is 13.6. The minimum absolute atomic E-state index is 0.112. The molecule has 0 radical (unpaired) electrons. The van der Waals surface area contributed by atoms with Gasteiger partial charge in [-0.15, -0.1) is 0 Å². The molecule has 44 heavy (non-hydrogen) atoms. The van der Waals surface area contributed by atoms with Gasteiger partial charge in [-0.05, 0) is 72.8 Å². The first-order valence-electron chi connectivity index (χ1n) is 14.7. The highest BCUT2D eigenvalue weighted by Gasteiger charge is 2.14. The number of aromatic nitrogens is 4. The van der Waals surface area contributed by atoms with E-state index in [1.165, 1.54) is 21.5 Å². The average Bonchev–Trinajstić information content (AvgIpc) is 3.75. The molecule has 6 aromatic carbocycles. The first-order chi connectivity index (χ1) is 21.8. The van der Waals surface area contributed by atoms with Gasteiger partial charge in [0.2, 0.25) is 0 Å². The summed E-state index contributed by atoms with van der Waals surface area (Å²) in [5.41, 5.74) is 8.28. The number of fused-ring (bicyclic) bond motifs is 6. The van der Waals surface area contributed by atoms with Gasteiger partial charge in [0.25, 0.3) is 0 Å². The Morgan fingerprint density at radius 3 is 0.909 bits per heavy atom. The van der Waals surface area contributed by atoms with Gasteiger partial charge in [-0.25, -0.2) is 4.79 Å². The van der Waals surface area contributed by atoms with E-state index in [9.17, 15) is 4.79 Å². The minimum atomic E-state index is -0.112. The van der Waals surface area contributed by atoms with Crippen LogP contribution in [0.2, 0.25) is 0 Å². The van der Waals surface area contributed by atoms with Crippen molar-refractivity contribution in [2.45, 2.75) is 0 Å². The lowest BCUT2D eigenvalue weighted by atomic mass is 10.2. The normalized spacial score (nSPS) is 11.7. The molecule has 0 N–H and O–H groups in total. The minimum Gasteiger partial charge on any atom is -0.309 e. The molecule has 0 amide bonds. The standard InChI is InChI=1S/C39H26N4O/c44-39-40(27-17-21-29(22-18-27)42-35-13-5-1-9-31(35)32-10-2-6-14-36(32)42)25-26-41(39)28-19-23-30(24-20-28)43-37-15-7-3-11-33(37)34-12-4-8-16-38(34)43/h1-26H. The molecule has 0 spiro atoms. The first-order valence-corrected chi connectivity index (χ1v) is 14.7. The second-order valence-electron chi connectivity index (χ2n) is 11.1. The highest BCUT2D eigenvalue weighted by molar-refractivity contribution is 6.10. The number of rotatable bonds is 4. The molecule has 5 heteroatoms. The molecular weight excluding hydrogens is 540 g/mol. The second-order valence-corrected chi connectivity index (χ2v) is 11.1. The molecule has 0 aliphatic carbocycles. The molecule has 0 saturated carbocycles. The Morgan fingerprint density at radius 2 is 0.591 bits per heavy atom. The molecule has 3 aromatic heterocycles. The molecule has 0 unspecified atom stereocenters. The molecule has 9 aromatic rings. The van der Waals surface area contributed by atoms with Crippen LogP contribution in [0.3, 0.4) is 0 Å². The van der Waals surface area contributed by atoms with Crippen LogP contribution in [0.4, 0.5) is 0 Å². The fourth-order valence-electron chi connectivity index (χ4n) is 6.70. The van der Waals surface area contributed by atoms with Gasteiger partial charge in [-0.3, -0.25) is 9.13 Å². The van der Waals surface area contributed by atoms with Gasteiger partial charge in [0.05, 0.1) is 33.4 Å². The Bertz CT molecular complexity index is 2280. The quantitative estimate of drug-likeness (QED) is 0.210. The second kappa shape index (κ2) is 9.48. The van der Waals surface area contributed by atoms with Crippen molar-refractivity contribution in [3.63, 3.8) is 0 Å². The van der Waals surface area contributed by atoms with Gasteiger partial charge < -0.3 is 9.13 Å². The zero-order chi connectivity index (χ0) is 29.2. The molecule has 5 nitrogen and oxygen atoms in total. The lowest BCUT2D eigenvalue weighted by Gasteiger charge is -2.10. The number of nitrogens with zero attached hydrogens (tertiary/aromatic N) is 4. The number of benzene rings is 6. The van der Waals surface area contributed by atoms with Crippen LogP contribution in [0.15, 0.2) is 163 Å². The molecule has 9 rings (SSSR count). The molecular formula is C39H26N4O. The Balaban J connectivity index is 1.07. The van der Waals surface area contributed by atoms with E-state index in [0.29, 0.717) is 0 Å². The highest BCUT2D eigenvalue weighted by Crippen LogP contribution is 2.33. The van der Waals surface area contributed by atoms with Crippen molar-refractivity contribution in [2.24, 2.45) is 0 Å². The molecule has 0 fully saturated rings. The third-order valence-corrected chi connectivity index (χ3v) is 8.71. The highest BCUT2D eigenvalue weighted by atomic mass is 16.1. The Kier molecular flexibility index (Phi) is 5.28. The SMILES string of the molecule is O=c1n(-c2ccc(-n3c4ccccc4c4ccccc43)cc2)ccn1-c1ccc(-n2c3ccccc3c3ccccc32)cc1. The van der Waals surface area contributed by atoms with Gasteiger partial charge in [-0.2, -0.15) is 0 Å². The smallest absolute Gasteiger partial charge is 0.309 e. The maximum absolute atomic E-state index is 13.6. The van der Waals surface area contributed by atoms with E-state index in [1.807, 2.05) is 36.7 Å². The average molecular weight is 567 g/mol. The van der Waals surface area contributed by atoms with E-state index in [4.69, 9.17) is 0 Å². The largest absolute Gasteiger partial charge is 0.337 e. The van der Waals surface area contributed by atoms with Crippen molar-refractivity contribution >= 4 is 43.6 Å². The summed E-state index contributed by atoms with van der Waals surface area (Å²) >= 11 is 0. The summed E-state index contributed by atoms with van der Waals surface area (Å²) in [4.78, 5) is 13.6. The lowest BCUT2D eigenvalue weighted by molar-refractivity contribution is 0.908. The number of imidazole rings is 1. The number of hydrogen-bond donors (Lipinski definition) is 0. The van der Waals surface area contributed by atoms with Gasteiger partial charge >= 0.3 is 5.69 Å². The Hall–Kier alpha value is -6.07. The van der Waals surface area contributed by atoms with Crippen LogP contribution in [-0.4, -0.2) is 18.3 Å². The van der Waals surface area contributed by atoms with E-state index >= 15 is 0 Å². The van der Waals surface area contributed by atoms with Crippen LogP contribution in [0.25, 0.3) is 66.4 Å². The number of hydrogen-bond acceptors (Lipinski definition) is 1. The van der Waals surface area contributed by atoms with Crippen LogP contribution in [0.5, 0.6) is 0 Å². The molecule has 0 atom stereocenters. The topological polar surface area (TPSA) is 36.8 Å². The monoisotopic (exact) mass is 566 g/mol. The van der Waals surface area contributed by atoms with Gasteiger partial charge in [0.1, 0.15) is 0 Å². The summed E-state index contributed by atoms with van der Waals surface area (Å²) in [6.45, 7) is 0. The molecule has 208 valence electrons. The maximum Gasteiger partial charge on any atom is 0.337 e. The van der Waals surface area contributed by atoms with E-state index in [1.54, 1.807) is 9.13 Å². The van der Waals surface area contributed by atoms with Crippen molar-refractivity contribution in [1.82, 2.24) is 18.3 Å².